The van der Waals surface area contributed by atoms with Crippen molar-refractivity contribution in [2.45, 2.75) is 6.42 Å². The summed E-state index contributed by atoms with van der Waals surface area (Å²) in [5.74, 6) is 2.20. The van der Waals surface area contributed by atoms with Crippen LogP contribution in [0.15, 0.2) is 23.0 Å². The summed E-state index contributed by atoms with van der Waals surface area (Å²) in [7, 11) is 3.12. The van der Waals surface area contributed by atoms with E-state index in [1.54, 1.807) is 20.3 Å². The van der Waals surface area contributed by atoms with E-state index in [1.807, 2.05) is 12.1 Å². The molecule has 0 radical (unpaired) electrons. The molecule has 0 saturated carbocycles. The van der Waals surface area contributed by atoms with E-state index >= 15 is 0 Å². The third-order valence-corrected chi connectivity index (χ3v) is 4.68. The minimum absolute atomic E-state index is 0.170. The first kappa shape index (κ1) is 14.2. The molecule has 0 amide bonds. The van der Waals surface area contributed by atoms with Gasteiger partial charge in [0.1, 0.15) is 0 Å². The first-order valence-corrected chi connectivity index (χ1v) is 7.80. The predicted octanol–water partition coefficient (Wildman–Crippen LogP) is 2.24. The van der Waals surface area contributed by atoms with Gasteiger partial charge in [0.2, 0.25) is 6.79 Å². The molecule has 7 heteroatoms. The second-order valence-electron chi connectivity index (χ2n) is 5.94. The van der Waals surface area contributed by atoms with Crippen molar-refractivity contribution >= 4 is 10.8 Å². The van der Waals surface area contributed by atoms with Gasteiger partial charge in [-0.3, -0.25) is 4.79 Å². The lowest BCUT2D eigenvalue weighted by molar-refractivity contribution is 0.171. The number of methoxy groups -OCH3 is 2. The van der Waals surface area contributed by atoms with Gasteiger partial charge in [-0.05, 0) is 34.7 Å². The molecular weight excluding hydrogens is 324 g/mol. The highest BCUT2D eigenvalue weighted by Gasteiger charge is 2.29. The van der Waals surface area contributed by atoms with Gasteiger partial charge in [0, 0.05) is 6.42 Å². The molecule has 126 valence electrons. The second kappa shape index (κ2) is 4.89. The van der Waals surface area contributed by atoms with Crippen LogP contribution in [0.1, 0.15) is 11.1 Å². The first-order valence-electron chi connectivity index (χ1n) is 7.80. The Morgan fingerprint density at radius 3 is 2.60 bits per heavy atom. The van der Waals surface area contributed by atoms with Gasteiger partial charge in [-0.25, -0.2) is 4.98 Å². The molecule has 0 atom stereocenters. The average Bonchev–Trinajstić information content (AvgIpc) is 3.22. The van der Waals surface area contributed by atoms with E-state index in [-0.39, 0.29) is 12.4 Å². The second-order valence-corrected chi connectivity index (χ2v) is 5.94. The lowest BCUT2D eigenvalue weighted by atomic mass is 10.0. The topological polar surface area (TPSA) is 82.7 Å². The van der Waals surface area contributed by atoms with Crippen molar-refractivity contribution in [2.75, 3.05) is 21.0 Å². The molecule has 1 aliphatic carbocycles. The number of hydrogen-bond acceptors (Lipinski definition) is 6. The van der Waals surface area contributed by atoms with Gasteiger partial charge < -0.3 is 23.9 Å². The largest absolute Gasteiger partial charge is 0.493 e. The number of hydrogen-bond donors (Lipinski definition) is 1. The summed E-state index contributed by atoms with van der Waals surface area (Å²) < 4.78 is 21.5. The molecule has 0 bridgehead atoms. The molecule has 2 aliphatic rings. The van der Waals surface area contributed by atoms with E-state index in [0.29, 0.717) is 34.9 Å². The molecule has 3 heterocycles. The predicted molar refractivity (Wildman–Crippen MR) is 89.8 cm³/mol. The molecule has 1 aromatic carbocycles. The van der Waals surface area contributed by atoms with Crippen molar-refractivity contribution in [1.29, 1.82) is 0 Å². The first-order chi connectivity index (χ1) is 12.2. The summed E-state index contributed by atoms with van der Waals surface area (Å²) in [5.41, 5.74) is 3.26. The zero-order valence-corrected chi connectivity index (χ0v) is 13.6. The summed E-state index contributed by atoms with van der Waals surface area (Å²) in [6, 6.07) is 5.47. The van der Waals surface area contributed by atoms with Crippen LogP contribution in [0.4, 0.5) is 0 Å². The summed E-state index contributed by atoms with van der Waals surface area (Å²) in [5, 5.41) is 1.39. The summed E-state index contributed by atoms with van der Waals surface area (Å²) >= 11 is 0. The van der Waals surface area contributed by atoms with Crippen molar-refractivity contribution in [3.63, 3.8) is 0 Å². The number of fused-ring (bicyclic) bond motifs is 6. The Labute approximate surface area is 142 Å². The number of rotatable bonds is 2. The van der Waals surface area contributed by atoms with Crippen LogP contribution in [-0.4, -0.2) is 31.0 Å². The van der Waals surface area contributed by atoms with Crippen molar-refractivity contribution < 1.29 is 18.9 Å². The Hall–Kier alpha value is -3.22. The number of pyridine rings is 2. The normalized spacial score (nSPS) is 13.7. The molecule has 7 nitrogen and oxygen atoms in total. The maximum Gasteiger partial charge on any atom is 0.260 e. The fourth-order valence-corrected chi connectivity index (χ4v) is 3.51. The molecule has 0 unspecified atom stereocenters. The zero-order chi connectivity index (χ0) is 17.1. The Morgan fingerprint density at radius 1 is 1.08 bits per heavy atom. The van der Waals surface area contributed by atoms with E-state index in [1.165, 1.54) is 0 Å². The molecule has 1 aliphatic heterocycles. The summed E-state index contributed by atoms with van der Waals surface area (Å²) in [6.07, 6.45) is 0.650. The molecular formula is C18H14N2O5. The molecule has 5 rings (SSSR count). The number of ether oxygens (including phenoxy) is 4. The van der Waals surface area contributed by atoms with Crippen LogP contribution < -0.4 is 24.5 Å². The van der Waals surface area contributed by atoms with Crippen LogP contribution in [0, 0.1) is 0 Å². The zero-order valence-electron chi connectivity index (χ0n) is 13.6. The van der Waals surface area contributed by atoms with Crippen LogP contribution in [0.5, 0.6) is 23.1 Å². The van der Waals surface area contributed by atoms with Crippen molar-refractivity contribution in [3.8, 4) is 34.5 Å². The highest BCUT2D eigenvalue weighted by atomic mass is 16.7. The quantitative estimate of drug-likeness (QED) is 0.603. The summed E-state index contributed by atoms with van der Waals surface area (Å²) in [6.45, 7) is 0.170. The van der Waals surface area contributed by atoms with E-state index in [4.69, 9.17) is 18.9 Å². The van der Waals surface area contributed by atoms with E-state index in [2.05, 4.69) is 9.97 Å². The van der Waals surface area contributed by atoms with Gasteiger partial charge in [0.25, 0.3) is 11.4 Å². The smallest absolute Gasteiger partial charge is 0.260 e. The fraction of sp³-hybridized carbons (Fsp3) is 0.222. The average molecular weight is 338 g/mol. The van der Waals surface area contributed by atoms with E-state index in [0.717, 1.165) is 27.9 Å². The number of nitrogens with one attached hydrogen (secondary N) is 1. The molecule has 0 spiro atoms. The molecule has 25 heavy (non-hydrogen) atoms. The van der Waals surface area contributed by atoms with Crippen molar-refractivity contribution in [2.24, 2.45) is 0 Å². The third-order valence-electron chi connectivity index (χ3n) is 4.68. The summed E-state index contributed by atoms with van der Waals surface area (Å²) in [4.78, 5) is 20.1. The van der Waals surface area contributed by atoms with Gasteiger partial charge >= 0.3 is 0 Å². The molecule has 0 fully saturated rings. The SMILES string of the molecule is COc1cc2c3c([nH]c(=O)c2cc1OC)-c1nc2c(cc1C3)OCO2. The van der Waals surface area contributed by atoms with Gasteiger partial charge in [-0.15, -0.1) is 0 Å². The maximum atomic E-state index is 12.6. The highest BCUT2D eigenvalue weighted by molar-refractivity contribution is 5.94. The minimum atomic E-state index is -0.193. The molecule has 1 N–H and O–H groups in total. The van der Waals surface area contributed by atoms with E-state index < -0.39 is 0 Å². The van der Waals surface area contributed by atoms with Gasteiger partial charge in [-0.2, -0.15) is 0 Å². The lowest BCUT2D eigenvalue weighted by Crippen LogP contribution is -2.09. The van der Waals surface area contributed by atoms with Crippen molar-refractivity contribution in [1.82, 2.24) is 9.97 Å². The van der Waals surface area contributed by atoms with Crippen LogP contribution in [0.2, 0.25) is 0 Å². The lowest BCUT2D eigenvalue weighted by Gasteiger charge is -2.11. The van der Waals surface area contributed by atoms with Gasteiger partial charge in [0.15, 0.2) is 17.2 Å². The standard InChI is InChI=1S/C18H14N2O5/c1-22-12-5-9-10-3-8-4-14-18(25-7-24-14)20-15(8)16(10)19-17(21)11(9)6-13(12)23-2/h4-6H,3,7H2,1-2H3,(H,19,21). The van der Waals surface area contributed by atoms with Crippen LogP contribution in [0.25, 0.3) is 22.2 Å². The van der Waals surface area contributed by atoms with Crippen molar-refractivity contribution in [3.05, 3.63) is 39.7 Å². The Balaban J connectivity index is 1.81. The number of benzene rings is 1. The minimum Gasteiger partial charge on any atom is -0.493 e. The fourth-order valence-electron chi connectivity index (χ4n) is 3.51. The number of H-pyrrole nitrogens is 1. The molecule has 0 saturated heterocycles. The number of nitrogens with zero attached hydrogens (tertiary/aromatic N) is 1. The van der Waals surface area contributed by atoms with Crippen LogP contribution in [-0.2, 0) is 6.42 Å². The van der Waals surface area contributed by atoms with Crippen LogP contribution in [0.3, 0.4) is 0 Å². The maximum absolute atomic E-state index is 12.6. The highest BCUT2D eigenvalue weighted by Crippen LogP contribution is 2.43. The van der Waals surface area contributed by atoms with Crippen LogP contribution >= 0.6 is 0 Å². The molecule has 3 aromatic rings. The number of aromatic amines is 1. The Bertz CT molecular complexity index is 1100. The van der Waals surface area contributed by atoms with Gasteiger partial charge in [-0.1, -0.05) is 0 Å². The van der Waals surface area contributed by atoms with Gasteiger partial charge in [0.05, 0.1) is 31.0 Å². The van der Waals surface area contributed by atoms with E-state index in [9.17, 15) is 4.79 Å². The Morgan fingerprint density at radius 2 is 1.84 bits per heavy atom. The monoisotopic (exact) mass is 338 g/mol. The third kappa shape index (κ3) is 1.86. The Kier molecular flexibility index (Phi) is 2.77. The number of aromatic nitrogens is 2. The molecule has 2 aromatic heterocycles.